The summed E-state index contributed by atoms with van der Waals surface area (Å²) in [5.41, 5.74) is 0.836. The van der Waals surface area contributed by atoms with Gasteiger partial charge in [0.2, 0.25) is 5.78 Å². The Morgan fingerprint density at radius 3 is 2.48 bits per heavy atom. The molecule has 0 aliphatic carbocycles. The molecule has 5 heteroatoms. The van der Waals surface area contributed by atoms with Gasteiger partial charge >= 0.3 is 0 Å². The van der Waals surface area contributed by atoms with Crippen molar-refractivity contribution in [1.82, 2.24) is 0 Å². The zero-order valence-corrected chi connectivity index (χ0v) is 12.3. The molecule has 0 atom stereocenters. The number of ketones is 1. The largest absolute Gasteiger partial charge is 0.493 e. The molecule has 0 amide bonds. The second kappa shape index (κ2) is 6.95. The number of Topliss-reactive ketones (excluding diaryl/α,β-unsaturated/α-hetero) is 1. The fourth-order valence-electron chi connectivity index (χ4n) is 2.01. The third-order valence-corrected chi connectivity index (χ3v) is 3.04. The van der Waals surface area contributed by atoms with E-state index < -0.39 is 0 Å². The molecule has 0 saturated heterocycles. The van der Waals surface area contributed by atoms with Crippen LogP contribution in [0, 0.1) is 0 Å². The van der Waals surface area contributed by atoms with E-state index in [1.54, 1.807) is 45.6 Å². The van der Waals surface area contributed by atoms with Gasteiger partial charge in [0.05, 0.1) is 14.2 Å². The molecule has 1 aromatic carbocycles. The summed E-state index contributed by atoms with van der Waals surface area (Å²) in [7, 11) is 4.71. The van der Waals surface area contributed by atoms with Crippen LogP contribution in [0.3, 0.4) is 0 Å². The Kier molecular flexibility index (Phi) is 5.00. The predicted molar refractivity (Wildman–Crippen MR) is 77.0 cm³/mol. The highest BCUT2D eigenvalue weighted by Crippen LogP contribution is 2.28. The number of rotatable bonds is 7. The van der Waals surface area contributed by atoms with Crippen LogP contribution in [0.4, 0.5) is 0 Å². The molecular formula is C16H18O5. The minimum absolute atomic E-state index is 0.0930. The van der Waals surface area contributed by atoms with E-state index in [9.17, 15) is 4.79 Å². The number of furan rings is 1. The Labute approximate surface area is 123 Å². The van der Waals surface area contributed by atoms with Crippen LogP contribution in [0.1, 0.15) is 21.9 Å². The average molecular weight is 290 g/mol. The van der Waals surface area contributed by atoms with E-state index in [2.05, 4.69) is 0 Å². The lowest BCUT2D eigenvalue weighted by Crippen LogP contribution is -2.03. The second-order valence-electron chi connectivity index (χ2n) is 4.49. The monoisotopic (exact) mass is 290 g/mol. The Morgan fingerprint density at radius 1 is 1.05 bits per heavy atom. The van der Waals surface area contributed by atoms with Crippen LogP contribution < -0.4 is 9.47 Å². The third-order valence-electron chi connectivity index (χ3n) is 3.04. The lowest BCUT2D eigenvalue weighted by Gasteiger charge is -2.08. The Hall–Kier alpha value is -2.27. The highest BCUT2D eigenvalue weighted by Gasteiger charge is 2.13. The van der Waals surface area contributed by atoms with Gasteiger partial charge in [-0.2, -0.15) is 0 Å². The number of hydrogen-bond acceptors (Lipinski definition) is 5. The van der Waals surface area contributed by atoms with Crippen LogP contribution >= 0.6 is 0 Å². The number of hydrogen-bond donors (Lipinski definition) is 0. The van der Waals surface area contributed by atoms with E-state index in [-0.39, 0.29) is 12.2 Å². The van der Waals surface area contributed by atoms with Crippen molar-refractivity contribution < 1.29 is 23.4 Å². The Bertz CT molecular complexity index is 615. The van der Waals surface area contributed by atoms with E-state index in [1.165, 1.54) is 0 Å². The van der Waals surface area contributed by atoms with Crippen molar-refractivity contribution in [2.45, 2.75) is 13.0 Å². The molecular weight excluding hydrogens is 272 g/mol. The van der Waals surface area contributed by atoms with Crippen molar-refractivity contribution in [2.24, 2.45) is 0 Å². The normalized spacial score (nSPS) is 10.4. The van der Waals surface area contributed by atoms with Crippen LogP contribution in [0.15, 0.2) is 34.7 Å². The van der Waals surface area contributed by atoms with Crippen LogP contribution in [0.5, 0.6) is 11.5 Å². The summed E-state index contributed by atoms with van der Waals surface area (Å²) in [6.07, 6.45) is 0.236. The van der Waals surface area contributed by atoms with Gasteiger partial charge in [-0.3, -0.25) is 4.79 Å². The summed E-state index contributed by atoms with van der Waals surface area (Å²) in [4.78, 5) is 12.2. The summed E-state index contributed by atoms with van der Waals surface area (Å²) in [6.45, 7) is 0.351. The first kappa shape index (κ1) is 15.1. The number of ether oxygens (including phenoxy) is 3. The standard InChI is InChI=1S/C16H18O5/c1-18-10-12-5-7-14(21-12)13(17)8-11-4-6-15(19-2)16(9-11)20-3/h4-7,9H,8,10H2,1-3H3. The van der Waals surface area contributed by atoms with Gasteiger partial charge in [-0.05, 0) is 29.8 Å². The Balaban J connectivity index is 2.11. The molecule has 21 heavy (non-hydrogen) atoms. The molecule has 0 saturated carbocycles. The molecule has 5 nitrogen and oxygen atoms in total. The molecule has 0 N–H and O–H groups in total. The van der Waals surface area contributed by atoms with Gasteiger partial charge in [0, 0.05) is 13.5 Å². The molecule has 0 fully saturated rings. The maximum atomic E-state index is 12.2. The van der Waals surface area contributed by atoms with Gasteiger partial charge in [0.25, 0.3) is 0 Å². The lowest BCUT2D eigenvalue weighted by atomic mass is 10.1. The van der Waals surface area contributed by atoms with Gasteiger partial charge in [-0.1, -0.05) is 6.07 Å². The summed E-state index contributed by atoms with van der Waals surface area (Å²) in [5.74, 6) is 2.10. The fourth-order valence-corrected chi connectivity index (χ4v) is 2.01. The smallest absolute Gasteiger partial charge is 0.202 e. The molecule has 1 heterocycles. The topological polar surface area (TPSA) is 57.9 Å². The minimum Gasteiger partial charge on any atom is -0.493 e. The van der Waals surface area contributed by atoms with E-state index >= 15 is 0 Å². The number of methoxy groups -OCH3 is 3. The molecule has 2 aromatic rings. The van der Waals surface area contributed by atoms with Crippen molar-refractivity contribution in [3.63, 3.8) is 0 Å². The first-order valence-electron chi connectivity index (χ1n) is 6.49. The predicted octanol–water partition coefficient (Wildman–Crippen LogP) is 2.87. The molecule has 0 unspecified atom stereocenters. The first-order valence-corrected chi connectivity index (χ1v) is 6.49. The van der Waals surface area contributed by atoms with Crippen molar-refractivity contribution in [1.29, 1.82) is 0 Å². The summed E-state index contributed by atoms with van der Waals surface area (Å²) >= 11 is 0. The third kappa shape index (κ3) is 3.64. The van der Waals surface area contributed by atoms with E-state index in [1.807, 2.05) is 6.07 Å². The van der Waals surface area contributed by atoms with Gasteiger partial charge in [0.15, 0.2) is 17.3 Å². The maximum Gasteiger partial charge on any atom is 0.202 e. The average Bonchev–Trinajstić information content (AvgIpc) is 2.96. The zero-order valence-electron chi connectivity index (χ0n) is 12.3. The molecule has 112 valence electrons. The van der Waals surface area contributed by atoms with E-state index in [0.717, 1.165) is 5.56 Å². The van der Waals surface area contributed by atoms with E-state index in [0.29, 0.717) is 29.6 Å². The highest BCUT2D eigenvalue weighted by atomic mass is 16.5. The van der Waals surface area contributed by atoms with Gasteiger partial charge < -0.3 is 18.6 Å². The van der Waals surface area contributed by atoms with Crippen LogP contribution in [-0.4, -0.2) is 27.1 Å². The van der Waals surface area contributed by atoms with Crippen LogP contribution in [-0.2, 0) is 17.8 Å². The molecule has 0 bridgehead atoms. The van der Waals surface area contributed by atoms with Crippen LogP contribution in [0.25, 0.3) is 0 Å². The van der Waals surface area contributed by atoms with Gasteiger partial charge in [-0.15, -0.1) is 0 Å². The minimum atomic E-state index is -0.0930. The molecule has 0 spiro atoms. The zero-order chi connectivity index (χ0) is 15.2. The van der Waals surface area contributed by atoms with Gasteiger partial charge in [-0.25, -0.2) is 0 Å². The molecule has 2 rings (SSSR count). The molecule has 0 aliphatic rings. The quantitative estimate of drug-likeness (QED) is 0.734. The van der Waals surface area contributed by atoms with Gasteiger partial charge in [0.1, 0.15) is 12.4 Å². The summed E-state index contributed by atoms with van der Waals surface area (Å²) < 4.78 is 20.8. The first-order chi connectivity index (χ1) is 10.2. The SMILES string of the molecule is COCc1ccc(C(=O)Cc2ccc(OC)c(OC)c2)o1. The number of benzene rings is 1. The summed E-state index contributed by atoms with van der Waals surface area (Å²) in [6, 6.07) is 8.80. The lowest BCUT2D eigenvalue weighted by molar-refractivity contribution is 0.0957. The van der Waals surface area contributed by atoms with E-state index in [4.69, 9.17) is 18.6 Å². The summed E-state index contributed by atoms with van der Waals surface area (Å²) in [5, 5.41) is 0. The Morgan fingerprint density at radius 2 is 1.81 bits per heavy atom. The number of carbonyl (C=O) groups is 1. The van der Waals surface area contributed by atoms with Crippen molar-refractivity contribution >= 4 is 5.78 Å². The fraction of sp³-hybridized carbons (Fsp3) is 0.312. The maximum absolute atomic E-state index is 12.2. The molecule has 0 aliphatic heterocycles. The second-order valence-corrected chi connectivity index (χ2v) is 4.49. The number of carbonyl (C=O) groups excluding carboxylic acids is 1. The molecule has 0 radical (unpaired) electrons. The van der Waals surface area contributed by atoms with Crippen LogP contribution in [0.2, 0.25) is 0 Å². The van der Waals surface area contributed by atoms with Crippen molar-refractivity contribution in [3.05, 3.63) is 47.4 Å². The molecule has 1 aromatic heterocycles. The highest BCUT2D eigenvalue weighted by molar-refractivity contribution is 5.95. The van der Waals surface area contributed by atoms with Crippen molar-refractivity contribution in [3.8, 4) is 11.5 Å². The van der Waals surface area contributed by atoms with Crippen molar-refractivity contribution in [2.75, 3.05) is 21.3 Å².